The number of H-pyrrole nitrogens is 1. The van der Waals surface area contributed by atoms with Crippen molar-refractivity contribution in [2.24, 2.45) is 0 Å². The van der Waals surface area contributed by atoms with Gasteiger partial charge in [-0.2, -0.15) is 0 Å². The Morgan fingerprint density at radius 1 is 1.24 bits per heavy atom. The second-order valence-corrected chi connectivity index (χ2v) is 7.19. The molecule has 152 valence electrons. The monoisotopic (exact) mass is 420 g/mol. The second kappa shape index (κ2) is 7.49. The van der Waals surface area contributed by atoms with Crippen molar-refractivity contribution in [3.05, 3.63) is 61.5 Å². The second-order valence-electron chi connectivity index (χ2n) is 6.78. The Balaban J connectivity index is 1.80. The van der Waals surface area contributed by atoms with Gasteiger partial charge < -0.3 is 14.2 Å². The van der Waals surface area contributed by atoms with Gasteiger partial charge in [0.25, 0.3) is 11.1 Å². The number of nitrogens with one attached hydrogen (secondary N) is 1. The Labute approximate surface area is 169 Å². The lowest BCUT2D eigenvalue weighted by molar-refractivity contribution is -0.135. The predicted molar refractivity (Wildman–Crippen MR) is 105 cm³/mol. The highest BCUT2D eigenvalue weighted by Gasteiger charge is 2.21. The topological polar surface area (TPSA) is 89.3 Å². The maximum Gasteiger partial charge on any atom is 0.274 e. The summed E-state index contributed by atoms with van der Waals surface area (Å²) in [5, 5.41) is 2.98. The van der Waals surface area contributed by atoms with Crippen LogP contribution in [0.4, 0.5) is 4.39 Å². The van der Waals surface area contributed by atoms with Crippen molar-refractivity contribution >= 4 is 28.4 Å². The van der Waals surface area contributed by atoms with Gasteiger partial charge >= 0.3 is 0 Å². The standard InChI is InChI=1S/C19H18ClFN4O4/c1-11-18-15(25(22-19(18)28)14-3-2-12(21)8-13(14)20)9-16(26)24(11)10-17(27)23-4-6-29-7-5-23/h2-3,8-9H,4-7,10H2,1H3,(H,22,28). The average molecular weight is 421 g/mol. The van der Waals surface area contributed by atoms with E-state index in [1.807, 2.05) is 0 Å². The summed E-state index contributed by atoms with van der Waals surface area (Å²) >= 11 is 6.11. The molecular formula is C19H18ClFN4O4. The number of morpholine rings is 1. The van der Waals surface area contributed by atoms with Crippen LogP contribution in [0.15, 0.2) is 33.9 Å². The van der Waals surface area contributed by atoms with Gasteiger partial charge in [-0.05, 0) is 25.1 Å². The highest BCUT2D eigenvalue weighted by atomic mass is 35.5. The Hall–Kier alpha value is -2.91. The lowest BCUT2D eigenvalue weighted by atomic mass is 10.2. The zero-order chi connectivity index (χ0) is 20.7. The molecule has 0 unspecified atom stereocenters. The number of ether oxygens (including phenoxy) is 1. The van der Waals surface area contributed by atoms with Crippen LogP contribution in [0.3, 0.4) is 0 Å². The van der Waals surface area contributed by atoms with E-state index in [4.69, 9.17) is 16.3 Å². The number of fused-ring (bicyclic) bond motifs is 1. The van der Waals surface area contributed by atoms with E-state index in [1.165, 1.54) is 27.4 Å². The first-order chi connectivity index (χ1) is 13.9. The molecule has 1 N–H and O–H groups in total. The quantitative estimate of drug-likeness (QED) is 0.694. The van der Waals surface area contributed by atoms with Crippen LogP contribution in [-0.4, -0.2) is 51.5 Å². The first kappa shape index (κ1) is 19.4. The van der Waals surface area contributed by atoms with Crippen LogP contribution >= 0.6 is 11.6 Å². The van der Waals surface area contributed by atoms with Crippen molar-refractivity contribution in [1.29, 1.82) is 0 Å². The zero-order valence-electron chi connectivity index (χ0n) is 15.6. The van der Waals surface area contributed by atoms with Gasteiger partial charge in [0.2, 0.25) is 5.91 Å². The van der Waals surface area contributed by atoms with E-state index >= 15 is 0 Å². The van der Waals surface area contributed by atoms with Crippen LogP contribution in [0.1, 0.15) is 5.69 Å². The van der Waals surface area contributed by atoms with Gasteiger partial charge in [0.05, 0.1) is 34.8 Å². The third kappa shape index (κ3) is 3.47. The number of rotatable bonds is 3. The van der Waals surface area contributed by atoms with Crippen molar-refractivity contribution < 1.29 is 13.9 Å². The van der Waals surface area contributed by atoms with Gasteiger partial charge in [0, 0.05) is 24.8 Å². The SMILES string of the molecule is Cc1c2c(=O)[nH]n(-c3ccc(F)cc3Cl)c2cc(=O)n1CC(=O)N1CCOCC1. The molecule has 0 bridgehead atoms. The summed E-state index contributed by atoms with van der Waals surface area (Å²) in [6.07, 6.45) is 0. The summed E-state index contributed by atoms with van der Waals surface area (Å²) in [4.78, 5) is 39.5. The van der Waals surface area contributed by atoms with Crippen LogP contribution < -0.4 is 11.1 Å². The number of carbonyl (C=O) groups excluding carboxylic acids is 1. The van der Waals surface area contributed by atoms with Crippen LogP contribution in [0.25, 0.3) is 16.6 Å². The number of halogens is 2. The molecule has 1 fully saturated rings. The summed E-state index contributed by atoms with van der Waals surface area (Å²) in [6, 6.07) is 5.01. The molecule has 1 aromatic carbocycles. The van der Waals surface area contributed by atoms with Gasteiger partial charge in [-0.25, -0.2) is 4.39 Å². The first-order valence-electron chi connectivity index (χ1n) is 9.03. The molecule has 29 heavy (non-hydrogen) atoms. The molecule has 0 radical (unpaired) electrons. The van der Waals surface area contributed by atoms with Crippen molar-refractivity contribution in [2.45, 2.75) is 13.5 Å². The van der Waals surface area contributed by atoms with Crippen LogP contribution in [0.2, 0.25) is 5.02 Å². The minimum atomic E-state index is -0.516. The number of aromatic amines is 1. The fraction of sp³-hybridized carbons (Fsp3) is 0.316. The van der Waals surface area contributed by atoms with Gasteiger partial charge in [-0.1, -0.05) is 11.6 Å². The number of hydrogen-bond acceptors (Lipinski definition) is 4. The molecule has 8 nitrogen and oxygen atoms in total. The van der Waals surface area contributed by atoms with Crippen LogP contribution in [0.5, 0.6) is 0 Å². The molecule has 1 saturated heterocycles. The van der Waals surface area contributed by atoms with E-state index in [0.29, 0.717) is 43.2 Å². The number of hydrogen-bond donors (Lipinski definition) is 1. The molecule has 1 amide bonds. The van der Waals surface area contributed by atoms with E-state index in [2.05, 4.69) is 5.10 Å². The highest BCUT2D eigenvalue weighted by Crippen LogP contribution is 2.24. The number of pyridine rings is 1. The molecule has 1 aliphatic rings. The van der Waals surface area contributed by atoms with Crippen LogP contribution in [-0.2, 0) is 16.1 Å². The number of amides is 1. The Bertz CT molecular complexity index is 1220. The summed E-state index contributed by atoms with van der Waals surface area (Å²) in [5.74, 6) is -0.729. The third-order valence-electron chi connectivity index (χ3n) is 5.04. The van der Waals surface area contributed by atoms with Crippen LogP contribution in [0, 0.1) is 12.7 Å². The molecule has 4 rings (SSSR count). The van der Waals surface area contributed by atoms with Gasteiger partial charge in [0.1, 0.15) is 12.4 Å². The van der Waals surface area contributed by atoms with Gasteiger partial charge in [-0.15, -0.1) is 0 Å². The zero-order valence-corrected chi connectivity index (χ0v) is 16.3. The lowest BCUT2D eigenvalue weighted by Crippen LogP contribution is -2.43. The first-order valence-corrected chi connectivity index (χ1v) is 9.40. The van der Waals surface area contributed by atoms with E-state index < -0.39 is 16.9 Å². The van der Waals surface area contributed by atoms with E-state index in [9.17, 15) is 18.8 Å². The molecule has 0 aliphatic carbocycles. The molecule has 3 heterocycles. The molecule has 1 aliphatic heterocycles. The largest absolute Gasteiger partial charge is 0.378 e. The van der Waals surface area contributed by atoms with Gasteiger partial charge in [0.15, 0.2) is 0 Å². The molecular weight excluding hydrogens is 403 g/mol. The summed E-state index contributed by atoms with van der Waals surface area (Å²) in [6.45, 7) is 3.30. The number of aryl methyl sites for hydroxylation is 1. The molecule has 0 atom stereocenters. The van der Waals surface area contributed by atoms with E-state index in [0.717, 1.165) is 6.07 Å². The third-order valence-corrected chi connectivity index (χ3v) is 5.34. The summed E-state index contributed by atoms with van der Waals surface area (Å²) in [5.41, 5.74) is 0.141. The number of carbonyl (C=O) groups is 1. The normalized spacial score (nSPS) is 14.5. The molecule has 0 spiro atoms. The average Bonchev–Trinajstić information content (AvgIpc) is 3.01. The van der Waals surface area contributed by atoms with E-state index in [-0.39, 0.29) is 22.9 Å². The number of nitrogens with zero attached hydrogens (tertiary/aromatic N) is 3. The van der Waals surface area contributed by atoms with Crippen molar-refractivity contribution in [1.82, 2.24) is 19.2 Å². The smallest absolute Gasteiger partial charge is 0.274 e. The molecule has 3 aromatic rings. The van der Waals surface area contributed by atoms with Crippen molar-refractivity contribution in [2.75, 3.05) is 26.3 Å². The number of benzene rings is 1. The Morgan fingerprint density at radius 2 is 1.97 bits per heavy atom. The minimum Gasteiger partial charge on any atom is -0.378 e. The van der Waals surface area contributed by atoms with Crippen molar-refractivity contribution in [3.8, 4) is 5.69 Å². The molecule has 2 aromatic heterocycles. The van der Waals surface area contributed by atoms with Crippen molar-refractivity contribution in [3.63, 3.8) is 0 Å². The summed E-state index contributed by atoms with van der Waals surface area (Å²) < 4.78 is 21.2. The number of aromatic nitrogens is 3. The van der Waals surface area contributed by atoms with Gasteiger partial charge in [-0.3, -0.25) is 24.2 Å². The maximum atomic E-state index is 13.4. The lowest BCUT2D eigenvalue weighted by Gasteiger charge is -2.27. The Morgan fingerprint density at radius 3 is 2.66 bits per heavy atom. The predicted octanol–water partition coefficient (Wildman–Crippen LogP) is 1.44. The molecule has 10 heteroatoms. The fourth-order valence-electron chi connectivity index (χ4n) is 3.52. The highest BCUT2D eigenvalue weighted by molar-refractivity contribution is 6.32. The minimum absolute atomic E-state index is 0.0856. The summed E-state index contributed by atoms with van der Waals surface area (Å²) in [7, 11) is 0. The Kier molecular flexibility index (Phi) is 5.01. The maximum absolute atomic E-state index is 13.4. The molecule has 0 saturated carbocycles. The van der Waals surface area contributed by atoms with E-state index in [1.54, 1.807) is 11.8 Å². The fourth-order valence-corrected chi connectivity index (χ4v) is 3.78.